The molecule has 2 N–H and O–H groups in total. The van der Waals surface area contributed by atoms with Gasteiger partial charge in [0.2, 0.25) is 15.9 Å². The van der Waals surface area contributed by atoms with Gasteiger partial charge in [0.15, 0.2) is 0 Å². The molecule has 3 atom stereocenters. The Bertz CT molecular complexity index is 1310. The molecule has 4 saturated carbocycles. The highest BCUT2D eigenvalue weighted by molar-refractivity contribution is 7.89. The zero-order chi connectivity index (χ0) is 25.7. The maximum Gasteiger partial charge on any atom is 0.241 e. The van der Waals surface area contributed by atoms with Gasteiger partial charge in [-0.1, -0.05) is 42.5 Å². The van der Waals surface area contributed by atoms with Crippen molar-refractivity contribution in [1.82, 2.24) is 14.9 Å². The molecule has 2 unspecified atom stereocenters. The third-order valence-corrected chi connectivity index (χ3v) is 10.6. The fourth-order valence-electron chi connectivity index (χ4n) is 7.95. The van der Waals surface area contributed by atoms with Crippen molar-refractivity contribution in [2.24, 2.45) is 11.8 Å². The van der Waals surface area contributed by atoms with Gasteiger partial charge in [-0.2, -0.15) is 5.26 Å². The smallest absolute Gasteiger partial charge is 0.241 e. The van der Waals surface area contributed by atoms with E-state index >= 15 is 0 Å². The van der Waals surface area contributed by atoms with E-state index in [4.69, 9.17) is 0 Å². The van der Waals surface area contributed by atoms with Crippen molar-refractivity contribution in [3.8, 4) is 17.2 Å². The lowest BCUT2D eigenvalue weighted by Gasteiger charge is -2.62. The van der Waals surface area contributed by atoms with Crippen LogP contribution in [0.25, 0.3) is 11.1 Å². The molecule has 8 heteroatoms. The fourth-order valence-corrected chi connectivity index (χ4v) is 9.38. The number of amides is 1. The van der Waals surface area contributed by atoms with Crippen LogP contribution in [0.15, 0.2) is 59.5 Å². The van der Waals surface area contributed by atoms with Crippen molar-refractivity contribution in [1.29, 1.82) is 5.26 Å². The largest absolute Gasteiger partial charge is 0.326 e. The summed E-state index contributed by atoms with van der Waals surface area (Å²) in [7, 11) is -3.69. The van der Waals surface area contributed by atoms with E-state index < -0.39 is 15.6 Å². The second-order valence-corrected chi connectivity index (χ2v) is 13.4. The van der Waals surface area contributed by atoms with E-state index in [1.165, 1.54) is 0 Å². The van der Waals surface area contributed by atoms with E-state index in [1.807, 2.05) is 42.5 Å². The second-order valence-electron chi connectivity index (χ2n) is 11.7. The molecule has 37 heavy (non-hydrogen) atoms. The van der Waals surface area contributed by atoms with Crippen LogP contribution in [0.3, 0.4) is 0 Å². The minimum absolute atomic E-state index is 0.0204. The third-order valence-electron chi connectivity index (χ3n) is 9.02. The molecule has 4 aliphatic carbocycles. The summed E-state index contributed by atoms with van der Waals surface area (Å²) in [5.74, 6) is 0.879. The van der Waals surface area contributed by atoms with Gasteiger partial charge >= 0.3 is 0 Å². The quantitative estimate of drug-likeness (QED) is 0.580. The van der Waals surface area contributed by atoms with Gasteiger partial charge in [-0.3, -0.25) is 4.79 Å². The van der Waals surface area contributed by atoms with E-state index in [9.17, 15) is 18.5 Å². The average molecular weight is 519 g/mol. The lowest BCUT2D eigenvalue weighted by atomic mass is 9.50. The molecule has 0 aromatic heterocycles. The Morgan fingerprint density at radius 2 is 1.62 bits per heavy atom. The number of hydrogen-bond donors (Lipinski definition) is 2. The van der Waals surface area contributed by atoms with Crippen LogP contribution in [0, 0.1) is 23.2 Å². The zero-order valence-corrected chi connectivity index (χ0v) is 21.8. The Morgan fingerprint density at radius 3 is 2.30 bits per heavy atom. The van der Waals surface area contributed by atoms with Crippen molar-refractivity contribution < 1.29 is 13.2 Å². The number of nitriles is 1. The van der Waals surface area contributed by atoms with Gasteiger partial charge < -0.3 is 10.2 Å². The highest BCUT2D eigenvalue weighted by Crippen LogP contribution is 2.57. The van der Waals surface area contributed by atoms with Crippen LogP contribution in [-0.4, -0.2) is 49.4 Å². The summed E-state index contributed by atoms with van der Waals surface area (Å²) < 4.78 is 30.3. The number of sulfonamides is 1. The first-order chi connectivity index (χ1) is 17.8. The molecule has 1 heterocycles. The first-order valence-corrected chi connectivity index (χ1v) is 14.9. The minimum Gasteiger partial charge on any atom is -0.326 e. The number of carbonyl (C=O) groups excluding carboxylic acids is 1. The molecule has 194 valence electrons. The second kappa shape index (κ2) is 9.23. The van der Waals surface area contributed by atoms with Crippen LogP contribution in [0.2, 0.25) is 0 Å². The van der Waals surface area contributed by atoms with Gasteiger partial charge in [-0.05, 0) is 86.5 Å². The molecule has 2 aromatic carbocycles. The number of benzene rings is 2. The van der Waals surface area contributed by atoms with Gasteiger partial charge in [0.1, 0.15) is 6.04 Å². The predicted molar refractivity (Wildman–Crippen MR) is 141 cm³/mol. The van der Waals surface area contributed by atoms with Crippen LogP contribution >= 0.6 is 0 Å². The first kappa shape index (κ1) is 24.6. The van der Waals surface area contributed by atoms with E-state index in [1.54, 1.807) is 17.0 Å². The van der Waals surface area contributed by atoms with Gasteiger partial charge in [0.05, 0.1) is 17.5 Å². The SMILES string of the molecule is N#C[C@@H]1CCCN1C(=O)CNC12CC3CC(C1)CC(NS(=O)(=O)c1ccc(-c4ccccc4)cc1)(C3)C2. The van der Waals surface area contributed by atoms with Gasteiger partial charge in [0.25, 0.3) is 0 Å². The van der Waals surface area contributed by atoms with Crippen LogP contribution in [0.1, 0.15) is 51.4 Å². The molecule has 2 aromatic rings. The summed E-state index contributed by atoms with van der Waals surface area (Å²) in [4.78, 5) is 14.9. The summed E-state index contributed by atoms with van der Waals surface area (Å²) in [5, 5.41) is 13.0. The van der Waals surface area contributed by atoms with Crippen LogP contribution in [-0.2, 0) is 14.8 Å². The molecule has 5 aliphatic rings. The summed E-state index contributed by atoms with van der Waals surface area (Å²) in [6.07, 6.45) is 7.11. The van der Waals surface area contributed by atoms with Crippen molar-refractivity contribution in [2.45, 2.75) is 73.4 Å². The van der Waals surface area contributed by atoms with Crippen molar-refractivity contribution in [2.75, 3.05) is 13.1 Å². The Hall–Kier alpha value is -2.73. The number of carbonyl (C=O) groups is 1. The molecule has 0 radical (unpaired) electrons. The number of nitrogens with one attached hydrogen (secondary N) is 2. The van der Waals surface area contributed by atoms with Crippen LogP contribution < -0.4 is 10.0 Å². The summed E-state index contributed by atoms with van der Waals surface area (Å²) in [5.41, 5.74) is 1.32. The molecule has 0 spiro atoms. The maximum absolute atomic E-state index is 13.6. The monoisotopic (exact) mass is 518 g/mol. The normalized spacial score (nSPS) is 32.4. The molecule has 1 amide bonds. The van der Waals surface area contributed by atoms with Gasteiger partial charge in [-0.25, -0.2) is 13.1 Å². The molecule has 7 rings (SSSR count). The molecular formula is C29H34N4O3S. The molecular weight excluding hydrogens is 484 g/mol. The number of nitrogens with zero attached hydrogens (tertiary/aromatic N) is 2. The Morgan fingerprint density at radius 1 is 0.973 bits per heavy atom. The predicted octanol–water partition coefficient (Wildman–Crippen LogP) is 3.83. The van der Waals surface area contributed by atoms with Crippen LogP contribution in [0.4, 0.5) is 0 Å². The molecule has 5 fully saturated rings. The minimum atomic E-state index is -3.69. The van der Waals surface area contributed by atoms with E-state index in [0.717, 1.165) is 56.1 Å². The Balaban J connectivity index is 1.18. The fraction of sp³-hybridized carbons (Fsp3) is 0.517. The van der Waals surface area contributed by atoms with E-state index in [-0.39, 0.29) is 28.9 Å². The van der Waals surface area contributed by atoms with E-state index in [2.05, 4.69) is 16.1 Å². The summed E-state index contributed by atoms with van der Waals surface area (Å²) >= 11 is 0. The van der Waals surface area contributed by atoms with Gasteiger partial charge in [0, 0.05) is 17.6 Å². The van der Waals surface area contributed by atoms with Crippen LogP contribution in [0.5, 0.6) is 0 Å². The standard InChI is InChI=1S/C29H34N4O3S/c30-18-25-7-4-12-33(25)27(34)19-31-28-14-21-13-22(15-28)17-29(16-21,20-28)32-37(35,36)26-10-8-24(9-11-26)23-5-2-1-3-6-23/h1-3,5-6,8-11,21-22,25,31-32H,4,7,12-17,19-20H2/t21?,22?,25-,28?,29?/m0/s1. The third kappa shape index (κ3) is 4.69. The number of likely N-dealkylation sites (tertiary alicyclic amines) is 1. The zero-order valence-electron chi connectivity index (χ0n) is 21.0. The molecule has 7 nitrogen and oxygen atoms in total. The topological polar surface area (TPSA) is 102 Å². The highest BCUT2D eigenvalue weighted by atomic mass is 32.2. The lowest BCUT2D eigenvalue weighted by Crippen LogP contribution is -2.69. The van der Waals surface area contributed by atoms with Crippen molar-refractivity contribution >= 4 is 15.9 Å². The number of rotatable bonds is 7. The molecule has 1 aliphatic heterocycles. The summed E-state index contributed by atoms with van der Waals surface area (Å²) in [6.45, 7) is 0.852. The molecule has 4 bridgehead atoms. The van der Waals surface area contributed by atoms with E-state index in [0.29, 0.717) is 24.8 Å². The molecule has 1 saturated heterocycles. The average Bonchev–Trinajstić information content (AvgIpc) is 3.36. The Labute approximate surface area is 219 Å². The van der Waals surface area contributed by atoms with Crippen molar-refractivity contribution in [3.05, 3.63) is 54.6 Å². The number of hydrogen-bond acceptors (Lipinski definition) is 5. The first-order valence-electron chi connectivity index (χ1n) is 13.4. The lowest BCUT2D eigenvalue weighted by molar-refractivity contribution is -0.131. The highest BCUT2D eigenvalue weighted by Gasteiger charge is 2.58. The van der Waals surface area contributed by atoms with Crippen molar-refractivity contribution in [3.63, 3.8) is 0 Å². The maximum atomic E-state index is 13.6. The Kier molecular flexibility index (Phi) is 6.14. The van der Waals surface area contributed by atoms with Gasteiger partial charge in [-0.15, -0.1) is 0 Å². The summed E-state index contributed by atoms with van der Waals surface area (Å²) in [6, 6.07) is 19.0.